The third-order valence-electron chi connectivity index (χ3n) is 6.09. The highest BCUT2D eigenvalue weighted by molar-refractivity contribution is 6.28. The van der Waals surface area contributed by atoms with E-state index in [0.29, 0.717) is 0 Å². The molecule has 0 unspecified atom stereocenters. The molecule has 2 aliphatic carbocycles. The second-order valence-electron chi connectivity index (χ2n) is 8.11. The Balaban J connectivity index is 2.06. The summed E-state index contributed by atoms with van der Waals surface area (Å²) in [7, 11) is 0. The highest BCUT2D eigenvalue weighted by Gasteiger charge is 2.45. The van der Waals surface area contributed by atoms with Gasteiger partial charge in [0.2, 0.25) is 5.70 Å². The van der Waals surface area contributed by atoms with Crippen molar-refractivity contribution in [3.05, 3.63) is 115 Å². The Bertz CT molecular complexity index is 2080. The summed E-state index contributed by atoms with van der Waals surface area (Å²) in [5.74, 6) is -5.36. The minimum atomic E-state index is -1.74. The van der Waals surface area contributed by atoms with Crippen LogP contribution in [0.1, 0.15) is 33.9 Å². The van der Waals surface area contributed by atoms with Crippen LogP contribution in [0.2, 0.25) is 0 Å². The Morgan fingerprint density at radius 2 is 0.977 bits per heavy atom. The fourth-order valence-corrected chi connectivity index (χ4v) is 4.65. The summed E-state index contributed by atoms with van der Waals surface area (Å²) < 4.78 is 89.4. The maximum absolute atomic E-state index is 16.8. The number of fused-ring (bicyclic) bond motifs is 2. The second kappa shape index (κ2) is 10.3. The van der Waals surface area contributed by atoms with Gasteiger partial charge in [-0.15, -0.1) is 0 Å². The Labute approximate surface area is 239 Å². The molecule has 0 saturated heterocycles. The van der Waals surface area contributed by atoms with Crippen LogP contribution in [-0.2, 0) is 0 Å². The van der Waals surface area contributed by atoms with Crippen LogP contribution >= 0.6 is 0 Å². The third kappa shape index (κ3) is 3.89. The van der Waals surface area contributed by atoms with Crippen molar-refractivity contribution < 1.29 is 26.3 Å². The topological polar surface area (TPSA) is 162 Å². The van der Waals surface area contributed by atoms with Crippen molar-refractivity contribution in [1.82, 2.24) is 29.9 Å². The molecule has 0 amide bonds. The molecule has 0 atom stereocenters. The van der Waals surface area contributed by atoms with E-state index in [-0.39, 0.29) is 0 Å². The van der Waals surface area contributed by atoms with E-state index in [9.17, 15) is 33.3 Å². The lowest BCUT2D eigenvalue weighted by atomic mass is 9.91. The first-order valence-corrected chi connectivity index (χ1v) is 11.1. The minimum absolute atomic E-state index is 0.857. The van der Waals surface area contributed by atoms with E-state index in [2.05, 4.69) is 44.4 Å². The molecule has 0 saturated carbocycles. The molecule has 5 rings (SSSR count). The van der Waals surface area contributed by atoms with Gasteiger partial charge >= 0.3 is 24.3 Å². The average Bonchev–Trinajstić information content (AvgIpc) is 3.51. The fraction of sp³-hybridized carbons (Fsp3) is 0. The number of nitriles is 3. The van der Waals surface area contributed by atoms with Gasteiger partial charge in [-0.25, -0.2) is 33.8 Å². The molecule has 1 aromatic carbocycles. The van der Waals surface area contributed by atoms with E-state index in [4.69, 9.17) is 19.7 Å². The van der Waals surface area contributed by atoms with Gasteiger partial charge in [0.15, 0.2) is 11.6 Å². The van der Waals surface area contributed by atoms with E-state index in [0.717, 1.165) is 0 Å². The first-order valence-electron chi connectivity index (χ1n) is 11.1. The summed E-state index contributed by atoms with van der Waals surface area (Å²) in [6, 6.07) is 4.29. The van der Waals surface area contributed by atoms with E-state index in [1.165, 1.54) is 18.2 Å². The predicted octanol–water partition coefficient (Wildman–Crippen LogP) is 4.45. The molecule has 18 heteroatoms. The molecule has 0 fully saturated rings. The molecule has 3 aromatic rings. The molecule has 206 valence electrons. The molecule has 12 nitrogen and oxygen atoms in total. The molecule has 0 radical (unpaired) electrons. The van der Waals surface area contributed by atoms with Gasteiger partial charge in [-0.1, -0.05) is 0 Å². The lowest BCUT2D eigenvalue weighted by Crippen LogP contribution is -2.07. The van der Waals surface area contributed by atoms with Crippen LogP contribution in [0.3, 0.4) is 0 Å². The summed E-state index contributed by atoms with van der Waals surface area (Å²) in [6.45, 7) is 22.5. The normalized spacial score (nSPS) is 15.3. The van der Waals surface area contributed by atoms with E-state index in [1.807, 2.05) is 0 Å². The molecule has 2 aromatic heterocycles. The summed E-state index contributed by atoms with van der Waals surface area (Å²) in [5, 5.41) is 29.3. The molecular formula is C26F6N12. The summed E-state index contributed by atoms with van der Waals surface area (Å²) >= 11 is 0. The van der Waals surface area contributed by atoms with Gasteiger partial charge in [-0.05, 0) is 0 Å². The maximum atomic E-state index is 16.8. The number of rotatable bonds is 2. The lowest BCUT2D eigenvalue weighted by Gasteiger charge is -2.15. The number of hydrogen-bond donors (Lipinski definition) is 0. The minimum Gasteiger partial charge on any atom is -0.237 e. The SMILES string of the molecule is [C-]#[N+]C1=C(c2nc(F)nc(F)n2)/C(=C(/C#N)[N+]#[C-])c2c(F)c3c(c(F)c21)C(C#N)=C(c1nc(F)nc(F)n1)/C3=C(\C#N)[N+]#[C-]. The molecular weight excluding hydrogens is 594 g/mol. The van der Waals surface area contributed by atoms with Crippen molar-refractivity contribution in [2.45, 2.75) is 0 Å². The number of allylic oxidation sites excluding steroid dienone is 7. The Morgan fingerprint density at radius 3 is 1.39 bits per heavy atom. The number of benzene rings is 1. The average molecular weight is 594 g/mol. The zero-order valence-electron chi connectivity index (χ0n) is 20.6. The van der Waals surface area contributed by atoms with Crippen LogP contribution in [0.5, 0.6) is 0 Å². The van der Waals surface area contributed by atoms with Crippen molar-refractivity contribution in [3.63, 3.8) is 0 Å². The number of aromatic nitrogens is 6. The number of nitrogens with zero attached hydrogens (tertiary/aromatic N) is 12. The molecule has 2 heterocycles. The van der Waals surface area contributed by atoms with Gasteiger partial charge in [0.05, 0.1) is 37.4 Å². The number of hydrogen-bond acceptors (Lipinski definition) is 9. The molecule has 2 aliphatic rings. The van der Waals surface area contributed by atoms with Crippen LogP contribution in [0.15, 0.2) is 11.4 Å². The van der Waals surface area contributed by atoms with Gasteiger partial charge in [-0.3, -0.25) is 0 Å². The zero-order valence-corrected chi connectivity index (χ0v) is 20.6. The molecule has 0 bridgehead atoms. The van der Waals surface area contributed by atoms with Crippen LogP contribution in [0, 0.1) is 89.7 Å². The van der Waals surface area contributed by atoms with Gasteiger partial charge < -0.3 is 0 Å². The zero-order chi connectivity index (χ0) is 32.0. The van der Waals surface area contributed by atoms with Crippen LogP contribution in [0.4, 0.5) is 26.3 Å². The molecule has 44 heavy (non-hydrogen) atoms. The van der Waals surface area contributed by atoms with Crippen molar-refractivity contribution in [3.8, 4) is 18.2 Å². The highest BCUT2D eigenvalue weighted by Crippen LogP contribution is 2.57. The van der Waals surface area contributed by atoms with E-state index in [1.54, 1.807) is 0 Å². The van der Waals surface area contributed by atoms with E-state index < -0.39 is 115 Å². The van der Waals surface area contributed by atoms with Crippen molar-refractivity contribution in [2.75, 3.05) is 0 Å². The molecule has 0 aliphatic heterocycles. The largest absolute Gasteiger partial charge is 0.314 e. The first kappa shape index (κ1) is 28.3. The number of halogens is 6. The maximum Gasteiger partial charge on any atom is 0.314 e. The monoisotopic (exact) mass is 594 g/mol. The van der Waals surface area contributed by atoms with Crippen LogP contribution in [-0.4, -0.2) is 29.9 Å². The smallest absolute Gasteiger partial charge is 0.237 e. The van der Waals surface area contributed by atoms with Gasteiger partial charge in [0, 0.05) is 44.5 Å². The quantitative estimate of drug-likeness (QED) is 0.237. The molecule has 0 N–H and O–H groups in total. The van der Waals surface area contributed by atoms with Crippen molar-refractivity contribution in [2.24, 2.45) is 0 Å². The van der Waals surface area contributed by atoms with Gasteiger partial charge in [-0.2, -0.15) is 52.7 Å². The fourth-order valence-electron chi connectivity index (χ4n) is 4.65. The summed E-state index contributed by atoms with van der Waals surface area (Å²) in [5.41, 5.74) is -11.6. The van der Waals surface area contributed by atoms with Crippen LogP contribution in [0.25, 0.3) is 48.1 Å². The van der Waals surface area contributed by atoms with Crippen molar-refractivity contribution in [1.29, 1.82) is 15.8 Å². The highest BCUT2D eigenvalue weighted by atomic mass is 19.2. The summed E-state index contributed by atoms with van der Waals surface area (Å²) in [4.78, 5) is 27.3. The Hall–Kier alpha value is -7.28. The standard InChI is InChI=1S/C26F6N12/c1-36-8(5-34)12-11(21-39-23(29)43-24(30)40-21)7(4-33)10-14(12)19(28)15-13(9(6-35)37-2)17(20(38-3)16(15)18(10)27)22-41-25(31)44-26(32)42-22/b12-8-,13-9-. The third-order valence-corrected chi connectivity index (χ3v) is 6.09. The van der Waals surface area contributed by atoms with Gasteiger partial charge in [0.1, 0.15) is 17.7 Å². The van der Waals surface area contributed by atoms with E-state index >= 15 is 8.78 Å². The van der Waals surface area contributed by atoms with Gasteiger partial charge in [0.25, 0.3) is 11.4 Å². The van der Waals surface area contributed by atoms with Crippen molar-refractivity contribution >= 4 is 33.6 Å². The van der Waals surface area contributed by atoms with Crippen LogP contribution < -0.4 is 0 Å². The predicted molar refractivity (Wildman–Crippen MR) is 130 cm³/mol. The lowest BCUT2D eigenvalue weighted by molar-refractivity contribution is 0.451. The summed E-state index contributed by atoms with van der Waals surface area (Å²) in [6.07, 6.45) is -6.95. The molecule has 0 spiro atoms. The first-order chi connectivity index (χ1) is 21.1. The second-order valence-corrected chi connectivity index (χ2v) is 8.11. The Morgan fingerprint density at radius 1 is 0.568 bits per heavy atom. The Kier molecular flexibility index (Phi) is 6.60.